The number of ether oxygens (including phenoxy) is 1. The van der Waals surface area contributed by atoms with E-state index in [1.54, 1.807) is 22.6 Å². The molecule has 0 unspecified atom stereocenters. The van der Waals surface area contributed by atoms with Gasteiger partial charge in [-0.3, -0.25) is 14.2 Å². The van der Waals surface area contributed by atoms with E-state index in [-0.39, 0.29) is 29.0 Å². The van der Waals surface area contributed by atoms with E-state index in [0.717, 1.165) is 54.3 Å². The number of hydrogen-bond donors (Lipinski definition) is 1. The number of fused-ring (bicyclic) bond motifs is 2. The Bertz CT molecular complexity index is 1480. The molecular formula is C29H35N5O4. The largest absolute Gasteiger partial charge is 0.444 e. The maximum atomic E-state index is 13.4. The molecule has 9 heteroatoms. The summed E-state index contributed by atoms with van der Waals surface area (Å²) in [6.45, 7) is 9.92. The van der Waals surface area contributed by atoms with Gasteiger partial charge in [0.05, 0.1) is 5.56 Å². The Hall–Kier alpha value is -3.75. The van der Waals surface area contributed by atoms with Crippen molar-refractivity contribution >= 4 is 34.5 Å². The van der Waals surface area contributed by atoms with E-state index in [0.29, 0.717) is 30.2 Å². The van der Waals surface area contributed by atoms with Gasteiger partial charge in [0.1, 0.15) is 11.2 Å². The highest BCUT2D eigenvalue weighted by molar-refractivity contribution is 5.99. The van der Waals surface area contributed by atoms with Crippen LogP contribution in [-0.4, -0.2) is 43.5 Å². The number of hydrogen-bond acceptors (Lipinski definition) is 7. The zero-order chi connectivity index (χ0) is 27.2. The summed E-state index contributed by atoms with van der Waals surface area (Å²) in [5.41, 5.74) is 3.69. The molecule has 3 heterocycles. The zero-order valence-corrected chi connectivity index (χ0v) is 22.8. The van der Waals surface area contributed by atoms with Crippen LogP contribution in [0.5, 0.6) is 0 Å². The van der Waals surface area contributed by atoms with Crippen molar-refractivity contribution in [2.24, 2.45) is 0 Å². The summed E-state index contributed by atoms with van der Waals surface area (Å²) in [6, 6.07) is 6.04. The molecule has 1 N–H and O–H groups in total. The second-order valence-corrected chi connectivity index (χ2v) is 11.4. The Morgan fingerprint density at radius 1 is 1.13 bits per heavy atom. The van der Waals surface area contributed by atoms with Crippen molar-refractivity contribution in [3.05, 3.63) is 57.0 Å². The summed E-state index contributed by atoms with van der Waals surface area (Å²) in [4.78, 5) is 49.3. The molecule has 1 aliphatic heterocycles. The van der Waals surface area contributed by atoms with Crippen LogP contribution in [0.1, 0.15) is 86.5 Å². The van der Waals surface area contributed by atoms with Gasteiger partial charge in [-0.25, -0.2) is 9.78 Å². The Morgan fingerprint density at radius 2 is 1.87 bits per heavy atom. The van der Waals surface area contributed by atoms with E-state index >= 15 is 0 Å². The standard InChI is InChI=1S/C29H35N5O4/c1-17-23-15-30-27(32-25(23)34(22-8-6-7-9-22)26(36)24(17)18(2)35)31-21-11-10-20-16-33(13-12-19(20)14-21)28(37)38-29(3,4)5/h10-11,14-15,22H,6-9,12-13,16H2,1-5H3,(H,30,31,32). The molecule has 9 nitrogen and oxygen atoms in total. The number of aromatic nitrogens is 3. The minimum Gasteiger partial charge on any atom is -0.444 e. The summed E-state index contributed by atoms with van der Waals surface area (Å²) >= 11 is 0. The van der Waals surface area contributed by atoms with Gasteiger partial charge >= 0.3 is 6.09 Å². The number of nitrogens with one attached hydrogen (secondary N) is 1. The number of carbonyl (C=O) groups excluding carboxylic acids is 2. The molecule has 0 atom stereocenters. The van der Waals surface area contributed by atoms with Crippen LogP contribution in [0.2, 0.25) is 0 Å². The van der Waals surface area contributed by atoms with E-state index in [4.69, 9.17) is 9.72 Å². The lowest BCUT2D eigenvalue weighted by Gasteiger charge is -2.31. The molecule has 1 aromatic carbocycles. The molecule has 0 bridgehead atoms. The number of rotatable bonds is 4. The highest BCUT2D eigenvalue weighted by Crippen LogP contribution is 2.32. The zero-order valence-electron chi connectivity index (χ0n) is 22.8. The minimum absolute atomic E-state index is 0.0307. The molecule has 2 aliphatic rings. The van der Waals surface area contributed by atoms with E-state index in [9.17, 15) is 14.4 Å². The van der Waals surface area contributed by atoms with Crippen molar-refractivity contribution < 1.29 is 14.3 Å². The number of nitrogens with zero attached hydrogens (tertiary/aromatic N) is 4. The molecule has 1 amide bonds. The van der Waals surface area contributed by atoms with Gasteiger partial charge in [-0.15, -0.1) is 0 Å². The lowest BCUT2D eigenvalue weighted by Crippen LogP contribution is -2.39. The van der Waals surface area contributed by atoms with Gasteiger partial charge in [-0.05, 0) is 82.7 Å². The summed E-state index contributed by atoms with van der Waals surface area (Å²) in [6.07, 6.45) is 6.02. The Labute approximate surface area is 222 Å². The maximum Gasteiger partial charge on any atom is 0.410 e. The van der Waals surface area contributed by atoms with Crippen LogP contribution < -0.4 is 10.9 Å². The average molecular weight is 518 g/mol. The minimum atomic E-state index is -0.528. The van der Waals surface area contributed by atoms with Gasteiger partial charge in [-0.1, -0.05) is 18.9 Å². The number of Topliss-reactive ketones (excluding diaryl/α,β-unsaturated/α-hetero) is 1. The molecular weight excluding hydrogens is 482 g/mol. The van der Waals surface area contributed by atoms with Crippen molar-refractivity contribution in [3.63, 3.8) is 0 Å². The van der Waals surface area contributed by atoms with Gasteiger partial charge < -0.3 is 15.0 Å². The van der Waals surface area contributed by atoms with Crippen LogP contribution in [0.15, 0.2) is 29.2 Å². The number of aryl methyl sites for hydroxylation is 1. The number of carbonyl (C=O) groups is 2. The predicted octanol–water partition coefficient (Wildman–Crippen LogP) is 5.45. The number of amides is 1. The first-order chi connectivity index (χ1) is 18.0. The smallest absolute Gasteiger partial charge is 0.410 e. The molecule has 38 heavy (non-hydrogen) atoms. The summed E-state index contributed by atoms with van der Waals surface area (Å²) in [5.74, 6) is 0.160. The van der Waals surface area contributed by atoms with Crippen LogP contribution in [0.4, 0.5) is 16.4 Å². The van der Waals surface area contributed by atoms with Crippen molar-refractivity contribution in [1.29, 1.82) is 0 Å². The first kappa shape index (κ1) is 25.9. The molecule has 0 radical (unpaired) electrons. The van der Waals surface area contributed by atoms with Gasteiger partial charge in [0, 0.05) is 36.4 Å². The van der Waals surface area contributed by atoms with Gasteiger partial charge in [0.15, 0.2) is 5.78 Å². The Morgan fingerprint density at radius 3 is 2.55 bits per heavy atom. The molecule has 2 aromatic heterocycles. The van der Waals surface area contributed by atoms with Crippen molar-refractivity contribution in [2.75, 3.05) is 11.9 Å². The number of anilines is 2. The molecule has 3 aromatic rings. The third kappa shape index (κ3) is 5.01. The highest BCUT2D eigenvalue weighted by Gasteiger charge is 2.27. The maximum absolute atomic E-state index is 13.4. The molecule has 1 saturated carbocycles. The van der Waals surface area contributed by atoms with Crippen molar-refractivity contribution in [2.45, 2.75) is 84.9 Å². The normalized spacial score (nSPS) is 16.0. The predicted molar refractivity (Wildman–Crippen MR) is 146 cm³/mol. The van der Waals surface area contributed by atoms with Gasteiger partial charge in [0.2, 0.25) is 5.95 Å². The van der Waals surface area contributed by atoms with Crippen LogP contribution >= 0.6 is 0 Å². The number of pyridine rings is 1. The Kier molecular flexibility index (Phi) is 6.71. The molecule has 5 rings (SSSR count). The third-order valence-electron chi connectivity index (χ3n) is 7.38. The topological polar surface area (TPSA) is 106 Å². The Balaban J connectivity index is 1.44. The van der Waals surface area contributed by atoms with E-state index in [1.165, 1.54) is 6.92 Å². The van der Waals surface area contributed by atoms with Crippen LogP contribution in [0.3, 0.4) is 0 Å². The van der Waals surface area contributed by atoms with E-state index in [1.807, 2.05) is 32.9 Å². The lowest BCUT2D eigenvalue weighted by molar-refractivity contribution is 0.0224. The highest BCUT2D eigenvalue weighted by atomic mass is 16.6. The summed E-state index contributed by atoms with van der Waals surface area (Å²) in [5, 5.41) is 4.02. The third-order valence-corrected chi connectivity index (χ3v) is 7.38. The number of benzene rings is 1. The molecule has 1 fully saturated rings. The fraction of sp³-hybridized carbons (Fsp3) is 0.483. The van der Waals surface area contributed by atoms with Crippen LogP contribution in [0.25, 0.3) is 11.0 Å². The summed E-state index contributed by atoms with van der Waals surface area (Å²) < 4.78 is 7.25. The quantitative estimate of drug-likeness (QED) is 0.458. The second kappa shape index (κ2) is 9.85. The molecule has 1 aliphatic carbocycles. The summed E-state index contributed by atoms with van der Waals surface area (Å²) in [7, 11) is 0. The fourth-order valence-corrected chi connectivity index (χ4v) is 5.55. The van der Waals surface area contributed by atoms with E-state index < -0.39 is 5.60 Å². The van der Waals surface area contributed by atoms with Gasteiger partial charge in [-0.2, -0.15) is 4.98 Å². The van der Waals surface area contributed by atoms with Gasteiger partial charge in [0.25, 0.3) is 5.56 Å². The van der Waals surface area contributed by atoms with Crippen molar-refractivity contribution in [1.82, 2.24) is 19.4 Å². The average Bonchev–Trinajstić information content (AvgIpc) is 3.37. The SMILES string of the molecule is CC(=O)c1c(C)c2cnc(Nc3ccc4c(c3)CCN(C(=O)OC(C)(C)C)C4)nc2n(C2CCCC2)c1=O. The lowest BCUT2D eigenvalue weighted by atomic mass is 9.99. The molecule has 200 valence electrons. The molecule has 0 spiro atoms. The van der Waals surface area contributed by atoms with Crippen LogP contribution in [0, 0.1) is 6.92 Å². The second-order valence-electron chi connectivity index (χ2n) is 11.4. The van der Waals surface area contributed by atoms with E-state index in [2.05, 4.69) is 16.4 Å². The fourth-order valence-electron chi connectivity index (χ4n) is 5.55. The number of ketones is 1. The monoisotopic (exact) mass is 517 g/mol. The first-order valence-electron chi connectivity index (χ1n) is 13.3. The molecule has 0 saturated heterocycles. The van der Waals surface area contributed by atoms with Crippen molar-refractivity contribution in [3.8, 4) is 0 Å². The van der Waals surface area contributed by atoms with Crippen LogP contribution in [-0.2, 0) is 17.7 Å². The first-order valence-corrected chi connectivity index (χ1v) is 13.3.